The monoisotopic (exact) mass is 387 g/mol. The highest BCUT2D eigenvalue weighted by molar-refractivity contribution is 5.92. The van der Waals surface area contributed by atoms with Crippen LogP contribution in [-0.2, 0) is 24.0 Å². The Balaban J connectivity index is 5.12. The number of amides is 4. The van der Waals surface area contributed by atoms with Crippen LogP contribution < -0.4 is 27.8 Å². The minimum Gasteiger partial charge on any atom is -0.480 e. The topological polar surface area (TPSA) is 208 Å². The van der Waals surface area contributed by atoms with Gasteiger partial charge in [-0.3, -0.25) is 19.2 Å². The molecule has 9 N–H and O–H groups in total. The van der Waals surface area contributed by atoms with E-state index in [-0.39, 0.29) is 31.6 Å². The van der Waals surface area contributed by atoms with Crippen LogP contribution in [0.25, 0.3) is 0 Å². The van der Waals surface area contributed by atoms with Gasteiger partial charge in [0.25, 0.3) is 0 Å². The molecule has 27 heavy (non-hydrogen) atoms. The van der Waals surface area contributed by atoms with Crippen LogP contribution in [0.4, 0.5) is 0 Å². The first-order valence-corrected chi connectivity index (χ1v) is 8.65. The van der Waals surface area contributed by atoms with E-state index in [0.717, 1.165) is 0 Å². The molecule has 11 nitrogen and oxygen atoms in total. The molecule has 0 aliphatic carbocycles. The minimum absolute atomic E-state index is 0.0179. The van der Waals surface area contributed by atoms with E-state index in [2.05, 4.69) is 10.6 Å². The zero-order valence-electron chi connectivity index (χ0n) is 15.6. The van der Waals surface area contributed by atoms with E-state index < -0.39 is 47.7 Å². The number of aliphatic carboxylic acids is 1. The van der Waals surface area contributed by atoms with Crippen LogP contribution >= 0.6 is 0 Å². The lowest BCUT2D eigenvalue weighted by Gasteiger charge is -2.25. The van der Waals surface area contributed by atoms with Crippen LogP contribution in [0.5, 0.6) is 0 Å². The summed E-state index contributed by atoms with van der Waals surface area (Å²) < 4.78 is 0. The number of rotatable bonds is 13. The van der Waals surface area contributed by atoms with Crippen LogP contribution in [-0.4, -0.2) is 52.8 Å². The first-order chi connectivity index (χ1) is 12.5. The quantitative estimate of drug-likeness (QED) is 0.208. The lowest BCUT2D eigenvalue weighted by molar-refractivity contribution is -0.144. The lowest BCUT2D eigenvalue weighted by Crippen LogP contribution is -2.55. The van der Waals surface area contributed by atoms with Crippen molar-refractivity contribution in [1.82, 2.24) is 10.6 Å². The molecule has 0 rings (SSSR count). The van der Waals surface area contributed by atoms with Gasteiger partial charge in [0.2, 0.25) is 23.6 Å². The molecule has 0 aromatic rings. The molecule has 0 saturated heterocycles. The number of carboxylic acid groups (broad SMARTS) is 1. The fourth-order valence-corrected chi connectivity index (χ4v) is 2.20. The molecular weight excluding hydrogens is 358 g/mol. The zero-order chi connectivity index (χ0) is 21.1. The molecule has 0 saturated carbocycles. The summed E-state index contributed by atoms with van der Waals surface area (Å²) in [6, 6.07) is -3.44. The Labute approximate surface area is 157 Å². The van der Waals surface area contributed by atoms with Crippen LogP contribution in [0.3, 0.4) is 0 Å². The van der Waals surface area contributed by atoms with Gasteiger partial charge >= 0.3 is 5.97 Å². The Bertz CT molecular complexity index is 568. The smallest absolute Gasteiger partial charge is 0.326 e. The molecule has 0 spiro atoms. The van der Waals surface area contributed by atoms with Crippen molar-refractivity contribution in [3.63, 3.8) is 0 Å². The van der Waals surface area contributed by atoms with Crippen LogP contribution in [0.2, 0.25) is 0 Å². The van der Waals surface area contributed by atoms with Crippen molar-refractivity contribution in [3.05, 3.63) is 0 Å². The van der Waals surface area contributed by atoms with Gasteiger partial charge < -0.3 is 32.9 Å². The Hall–Kier alpha value is -2.69. The summed E-state index contributed by atoms with van der Waals surface area (Å²) in [7, 11) is 0. The SMILES string of the molecule is CC[C@H](C)[C@H](NC(=O)[C@H](CCC(N)=O)NC(=O)[C@@H](N)CCC(N)=O)C(=O)O. The predicted octanol–water partition coefficient (Wildman–Crippen LogP) is -2.05. The molecule has 4 amide bonds. The molecule has 4 atom stereocenters. The number of hydrogen-bond donors (Lipinski definition) is 6. The third kappa shape index (κ3) is 9.54. The molecule has 11 heteroatoms. The van der Waals surface area contributed by atoms with Crippen LogP contribution in [0.1, 0.15) is 46.0 Å². The summed E-state index contributed by atoms with van der Waals surface area (Å²) in [6.45, 7) is 3.44. The molecule has 0 heterocycles. The van der Waals surface area contributed by atoms with Gasteiger partial charge in [-0.1, -0.05) is 20.3 Å². The Kier molecular flexibility index (Phi) is 10.7. The number of nitrogens with two attached hydrogens (primary N) is 3. The van der Waals surface area contributed by atoms with E-state index >= 15 is 0 Å². The van der Waals surface area contributed by atoms with Crippen molar-refractivity contribution < 1.29 is 29.1 Å². The van der Waals surface area contributed by atoms with Gasteiger partial charge in [-0.25, -0.2) is 4.79 Å². The molecule has 0 unspecified atom stereocenters. The van der Waals surface area contributed by atoms with E-state index in [1.807, 2.05) is 0 Å². The van der Waals surface area contributed by atoms with Gasteiger partial charge in [-0.05, 0) is 18.8 Å². The number of nitrogens with one attached hydrogen (secondary N) is 2. The molecular formula is C16H29N5O6. The number of primary amides is 2. The molecule has 0 bridgehead atoms. The van der Waals surface area contributed by atoms with E-state index in [1.165, 1.54) is 0 Å². The number of carbonyl (C=O) groups excluding carboxylic acids is 4. The Morgan fingerprint density at radius 1 is 0.926 bits per heavy atom. The standard InChI is InChI=1S/C16H29N5O6/c1-3-8(2)13(16(26)27)21-15(25)10(5-7-12(19)23)20-14(24)9(17)4-6-11(18)22/h8-10,13H,3-7,17H2,1-2H3,(H2,18,22)(H2,19,23)(H,20,24)(H,21,25)(H,26,27)/t8-,9-,10-,13-/m0/s1. The largest absolute Gasteiger partial charge is 0.480 e. The second-order valence-electron chi connectivity index (χ2n) is 6.39. The number of hydrogen-bond acceptors (Lipinski definition) is 6. The lowest BCUT2D eigenvalue weighted by atomic mass is 9.98. The summed E-state index contributed by atoms with van der Waals surface area (Å²) in [4.78, 5) is 57.7. The van der Waals surface area contributed by atoms with Crippen molar-refractivity contribution in [2.75, 3.05) is 0 Å². The molecule has 0 radical (unpaired) electrons. The van der Waals surface area contributed by atoms with Gasteiger partial charge in [0.1, 0.15) is 12.1 Å². The molecule has 0 aromatic carbocycles. The number of carboxylic acids is 1. The molecule has 0 fully saturated rings. The van der Waals surface area contributed by atoms with E-state index in [4.69, 9.17) is 17.2 Å². The number of carbonyl (C=O) groups is 5. The summed E-state index contributed by atoms with van der Waals surface area (Å²) in [5.41, 5.74) is 15.7. The summed E-state index contributed by atoms with van der Waals surface area (Å²) in [5.74, 6) is -4.36. The van der Waals surface area contributed by atoms with Crippen molar-refractivity contribution in [2.24, 2.45) is 23.1 Å². The van der Waals surface area contributed by atoms with Crippen LogP contribution in [0, 0.1) is 5.92 Å². The minimum atomic E-state index is -1.21. The highest BCUT2D eigenvalue weighted by Gasteiger charge is 2.30. The van der Waals surface area contributed by atoms with Crippen LogP contribution in [0.15, 0.2) is 0 Å². The second-order valence-corrected chi connectivity index (χ2v) is 6.39. The fourth-order valence-electron chi connectivity index (χ4n) is 2.20. The first kappa shape index (κ1) is 24.3. The average molecular weight is 387 g/mol. The van der Waals surface area contributed by atoms with Gasteiger partial charge in [-0.15, -0.1) is 0 Å². The first-order valence-electron chi connectivity index (χ1n) is 8.65. The van der Waals surface area contributed by atoms with Crippen molar-refractivity contribution in [3.8, 4) is 0 Å². The van der Waals surface area contributed by atoms with Crippen molar-refractivity contribution >= 4 is 29.6 Å². The van der Waals surface area contributed by atoms with Gasteiger partial charge in [0.15, 0.2) is 0 Å². The van der Waals surface area contributed by atoms with Crippen molar-refractivity contribution in [2.45, 2.75) is 64.1 Å². The fraction of sp³-hybridized carbons (Fsp3) is 0.688. The van der Waals surface area contributed by atoms with Gasteiger partial charge in [0.05, 0.1) is 6.04 Å². The Morgan fingerprint density at radius 3 is 1.89 bits per heavy atom. The van der Waals surface area contributed by atoms with Gasteiger partial charge in [-0.2, -0.15) is 0 Å². The van der Waals surface area contributed by atoms with Gasteiger partial charge in [0, 0.05) is 12.8 Å². The maximum Gasteiger partial charge on any atom is 0.326 e. The molecule has 0 aromatic heterocycles. The van der Waals surface area contributed by atoms with E-state index in [1.54, 1.807) is 13.8 Å². The second kappa shape index (κ2) is 11.8. The third-order valence-corrected chi connectivity index (χ3v) is 4.13. The third-order valence-electron chi connectivity index (χ3n) is 4.13. The summed E-state index contributed by atoms with van der Waals surface area (Å²) in [5, 5.41) is 14.0. The average Bonchev–Trinajstić information content (AvgIpc) is 2.59. The molecule has 0 aliphatic rings. The molecule has 154 valence electrons. The van der Waals surface area contributed by atoms with E-state index in [9.17, 15) is 29.1 Å². The maximum absolute atomic E-state index is 12.5. The molecule has 0 aliphatic heterocycles. The maximum atomic E-state index is 12.5. The summed E-state index contributed by atoms with van der Waals surface area (Å²) in [6.07, 6.45) is 0.0591. The van der Waals surface area contributed by atoms with E-state index in [0.29, 0.717) is 6.42 Å². The zero-order valence-corrected chi connectivity index (χ0v) is 15.6. The highest BCUT2D eigenvalue weighted by Crippen LogP contribution is 2.09. The normalized spacial score (nSPS) is 15.1. The summed E-state index contributed by atoms with van der Waals surface area (Å²) >= 11 is 0. The highest BCUT2D eigenvalue weighted by atomic mass is 16.4. The predicted molar refractivity (Wildman–Crippen MR) is 95.8 cm³/mol. The Morgan fingerprint density at radius 2 is 1.44 bits per heavy atom. The van der Waals surface area contributed by atoms with Crippen molar-refractivity contribution in [1.29, 1.82) is 0 Å².